The Morgan fingerprint density at radius 2 is 1.67 bits per heavy atom. The zero-order valence-electron chi connectivity index (χ0n) is 13.9. The fourth-order valence-corrected chi connectivity index (χ4v) is 3.62. The molecule has 2 fully saturated rings. The molecule has 0 aromatic carbocycles. The van der Waals surface area contributed by atoms with Crippen molar-refractivity contribution in [2.45, 2.75) is 70.3 Å². The molecule has 2 rings (SSSR count). The van der Waals surface area contributed by atoms with Gasteiger partial charge in [0.05, 0.1) is 0 Å². The van der Waals surface area contributed by atoms with E-state index in [1.807, 2.05) is 0 Å². The first-order valence-corrected chi connectivity index (χ1v) is 9.02. The monoisotopic (exact) mass is 294 g/mol. The highest BCUT2D eigenvalue weighted by atomic mass is 15.2. The lowest BCUT2D eigenvalue weighted by atomic mass is 9.94. The van der Waals surface area contributed by atoms with E-state index >= 15 is 0 Å². The Labute approximate surface area is 130 Å². The molecule has 4 heteroatoms. The molecule has 0 spiro atoms. The van der Waals surface area contributed by atoms with E-state index in [-0.39, 0.29) is 0 Å². The summed E-state index contributed by atoms with van der Waals surface area (Å²) in [6.45, 7) is 4.22. The van der Waals surface area contributed by atoms with Crippen LogP contribution in [0, 0.1) is 0 Å². The third-order valence-corrected chi connectivity index (χ3v) is 5.07. The molecule has 0 bridgehead atoms. The van der Waals surface area contributed by atoms with Gasteiger partial charge < -0.3 is 15.5 Å². The Kier molecular flexibility index (Phi) is 7.34. The van der Waals surface area contributed by atoms with Gasteiger partial charge in [-0.2, -0.15) is 0 Å². The van der Waals surface area contributed by atoms with Crippen LogP contribution in [0.5, 0.6) is 0 Å². The number of guanidine groups is 1. The van der Waals surface area contributed by atoms with Gasteiger partial charge in [-0.15, -0.1) is 0 Å². The number of aliphatic imine (C=N–C) groups is 1. The van der Waals surface area contributed by atoms with Gasteiger partial charge in [0.25, 0.3) is 0 Å². The maximum atomic E-state index is 6.14. The Balaban J connectivity index is 1.63. The normalized spacial score (nSPS) is 22.6. The molecule has 122 valence electrons. The molecule has 1 aliphatic heterocycles. The van der Waals surface area contributed by atoms with E-state index in [0.717, 1.165) is 44.6 Å². The van der Waals surface area contributed by atoms with Crippen molar-refractivity contribution in [2.75, 3.05) is 33.2 Å². The van der Waals surface area contributed by atoms with Crippen LogP contribution in [0.2, 0.25) is 0 Å². The van der Waals surface area contributed by atoms with Crippen LogP contribution < -0.4 is 5.73 Å². The van der Waals surface area contributed by atoms with Crippen LogP contribution in [0.15, 0.2) is 4.99 Å². The van der Waals surface area contributed by atoms with E-state index in [9.17, 15) is 0 Å². The van der Waals surface area contributed by atoms with Gasteiger partial charge in [0.1, 0.15) is 0 Å². The zero-order chi connectivity index (χ0) is 14.9. The minimum atomic E-state index is 0.775. The maximum absolute atomic E-state index is 6.14. The van der Waals surface area contributed by atoms with E-state index in [0.29, 0.717) is 0 Å². The summed E-state index contributed by atoms with van der Waals surface area (Å²) < 4.78 is 0. The molecule has 2 aliphatic rings. The second-order valence-corrected chi connectivity index (χ2v) is 6.77. The summed E-state index contributed by atoms with van der Waals surface area (Å²) in [6, 6.07) is 0.811. The van der Waals surface area contributed by atoms with Gasteiger partial charge in [-0.1, -0.05) is 32.1 Å². The van der Waals surface area contributed by atoms with Crippen LogP contribution in [0.3, 0.4) is 0 Å². The molecular formula is C17H34N4. The van der Waals surface area contributed by atoms with Crippen molar-refractivity contribution < 1.29 is 0 Å². The van der Waals surface area contributed by atoms with Crippen molar-refractivity contribution in [3.8, 4) is 0 Å². The highest BCUT2D eigenvalue weighted by Crippen LogP contribution is 2.21. The average Bonchev–Trinajstić information content (AvgIpc) is 2.81. The van der Waals surface area contributed by atoms with Gasteiger partial charge in [0.15, 0.2) is 5.96 Å². The third-order valence-electron chi connectivity index (χ3n) is 5.07. The molecule has 0 amide bonds. The van der Waals surface area contributed by atoms with E-state index in [1.54, 1.807) is 0 Å². The molecule has 1 saturated heterocycles. The number of nitrogens with two attached hydrogens (primary N) is 1. The Hall–Kier alpha value is -0.770. The third kappa shape index (κ3) is 5.85. The standard InChI is InChI=1S/C17H34N4/c1-20(16-10-5-4-6-11-16)13-9-12-19-17(18)21-14-7-2-3-8-15-21/h16H,2-15H2,1H3,(H2,18,19). The summed E-state index contributed by atoms with van der Waals surface area (Å²) in [4.78, 5) is 9.41. The molecular weight excluding hydrogens is 260 g/mol. The van der Waals surface area contributed by atoms with Crippen LogP contribution in [-0.4, -0.2) is 55.0 Å². The molecule has 0 aromatic rings. The lowest BCUT2D eigenvalue weighted by Gasteiger charge is -2.31. The second kappa shape index (κ2) is 9.29. The van der Waals surface area contributed by atoms with Crippen LogP contribution >= 0.6 is 0 Å². The van der Waals surface area contributed by atoms with Gasteiger partial charge >= 0.3 is 0 Å². The first-order valence-electron chi connectivity index (χ1n) is 9.02. The predicted octanol–water partition coefficient (Wildman–Crippen LogP) is 2.83. The summed E-state index contributed by atoms with van der Waals surface area (Å²) in [5.74, 6) is 0.775. The zero-order valence-corrected chi connectivity index (χ0v) is 13.9. The number of nitrogens with zero attached hydrogens (tertiary/aromatic N) is 3. The molecule has 4 nitrogen and oxygen atoms in total. The predicted molar refractivity (Wildman–Crippen MR) is 90.7 cm³/mol. The fraction of sp³-hybridized carbons (Fsp3) is 0.941. The van der Waals surface area contributed by atoms with Crippen LogP contribution in [-0.2, 0) is 0 Å². The van der Waals surface area contributed by atoms with Gasteiger partial charge in [-0.25, -0.2) is 0 Å². The molecule has 2 N–H and O–H groups in total. The minimum absolute atomic E-state index is 0.775. The molecule has 1 saturated carbocycles. The Morgan fingerprint density at radius 1 is 1.05 bits per heavy atom. The van der Waals surface area contributed by atoms with E-state index in [2.05, 4.69) is 21.8 Å². The number of hydrogen-bond acceptors (Lipinski definition) is 2. The van der Waals surface area contributed by atoms with Crippen molar-refractivity contribution in [3.05, 3.63) is 0 Å². The van der Waals surface area contributed by atoms with Crippen LogP contribution in [0.1, 0.15) is 64.2 Å². The molecule has 21 heavy (non-hydrogen) atoms. The number of likely N-dealkylation sites (tertiary alicyclic amines) is 1. The van der Waals surface area contributed by atoms with Gasteiger partial charge in [-0.05, 0) is 45.7 Å². The average molecular weight is 294 g/mol. The lowest BCUT2D eigenvalue weighted by molar-refractivity contribution is 0.191. The SMILES string of the molecule is CN(CCCN=C(N)N1CCCCCC1)C1CCCCC1. The molecule has 0 aromatic heterocycles. The first-order chi connectivity index (χ1) is 10.3. The van der Waals surface area contributed by atoms with Crippen LogP contribution in [0.25, 0.3) is 0 Å². The van der Waals surface area contributed by atoms with Gasteiger partial charge in [0.2, 0.25) is 0 Å². The quantitative estimate of drug-likeness (QED) is 0.482. The molecule has 1 heterocycles. The van der Waals surface area contributed by atoms with Crippen molar-refractivity contribution in [3.63, 3.8) is 0 Å². The Bertz CT molecular complexity index is 302. The smallest absolute Gasteiger partial charge is 0.191 e. The summed E-state index contributed by atoms with van der Waals surface area (Å²) >= 11 is 0. The highest BCUT2D eigenvalue weighted by molar-refractivity contribution is 5.78. The largest absolute Gasteiger partial charge is 0.370 e. The topological polar surface area (TPSA) is 44.9 Å². The maximum Gasteiger partial charge on any atom is 0.191 e. The van der Waals surface area contributed by atoms with Crippen molar-refractivity contribution in [1.29, 1.82) is 0 Å². The number of rotatable bonds is 5. The van der Waals surface area contributed by atoms with Gasteiger partial charge in [-0.3, -0.25) is 4.99 Å². The summed E-state index contributed by atoms with van der Waals surface area (Å²) in [7, 11) is 2.28. The minimum Gasteiger partial charge on any atom is -0.370 e. The van der Waals surface area contributed by atoms with E-state index in [4.69, 9.17) is 5.73 Å². The highest BCUT2D eigenvalue weighted by Gasteiger charge is 2.17. The lowest BCUT2D eigenvalue weighted by Crippen LogP contribution is -2.38. The first kappa shape index (κ1) is 16.6. The van der Waals surface area contributed by atoms with Crippen LogP contribution in [0.4, 0.5) is 0 Å². The van der Waals surface area contributed by atoms with Crippen molar-refractivity contribution in [1.82, 2.24) is 9.80 Å². The second-order valence-electron chi connectivity index (χ2n) is 6.77. The molecule has 1 aliphatic carbocycles. The van der Waals surface area contributed by atoms with E-state index in [1.165, 1.54) is 57.8 Å². The summed E-state index contributed by atoms with van der Waals surface area (Å²) in [5.41, 5.74) is 6.14. The molecule has 0 unspecified atom stereocenters. The fourth-order valence-electron chi connectivity index (χ4n) is 3.62. The van der Waals surface area contributed by atoms with Crippen molar-refractivity contribution >= 4 is 5.96 Å². The molecule has 0 radical (unpaired) electrons. The summed E-state index contributed by atoms with van der Waals surface area (Å²) in [6.07, 6.45) is 13.4. The van der Waals surface area contributed by atoms with Gasteiger partial charge in [0, 0.05) is 25.7 Å². The Morgan fingerprint density at radius 3 is 2.33 bits per heavy atom. The van der Waals surface area contributed by atoms with E-state index < -0.39 is 0 Å². The summed E-state index contributed by atoms with van der Waals surface area (Å²) in [5, 5.41) is 0. The number of hydrogen-bond donors (Lipinski definition) is 1. The molecule has 0 atom stereocenters. The van der Waals surface area contributed by atoms with Crippen molar-refractivity contribution in [2.24, 2.45) is 10.7 Å².